The predicted octanol–water partition coefficient (Wildman–Crippen LogP) is 3.41. The van der Waals surface area contributed by atoms with Crippen LogP contribution in [-0.2, 0) is 14.3 Å². The van der Waals surface area contributed by atoms with Crippen molar-refractivity contribution >= 4 is 23.4 Å². The van der Waals surface area contributed by atoms with Gasteiger partial charge in [0.25, 0.3) is 5.91 Å². The molecular formula is C23H23ClN2O3. The van der Waals surface area contributed by atoms with E-state index >= 15 is 0 Å². The van der Waals surface area contributed by atoms with Crippen molar-refractivity contribution in [2.45, 2.75) is 18.8 Å². The van der Waals surface area contributed by atoms with Gasteiger partial charge in [-0.2, -0.15) is 0 Å². The fraction of sp³-hybridized carbons (Fsp3) is 0.304. The average molecular weight is 411 g/mol. The topological polar surface area (TPSA) is 58.6 Å². The summed E-state index contributed by atoms with van der Waals surface area (Å²) in [7, 11) is 1.59. The molecule has 4 rings (SSSR count). The Morgan fingerprint density at radius 3 is 2.83 bits per heavy atom. The minimum Gasteiger partial charge on any atom is -0.383 e. The fourth-order valence-corrected chi connectivity index (χ4v) is 4.26. The highest BCUT2D eigenvalue weighted by Crippen LogP contribution is 2.43. The highest BCUT2D eigenvalue weighted by Gasteiger charge is 2.40. The fourth-order valence-electron chi connectivity index (χ4n) is 4.07. The highest BCUT2D eigenvalue weighted by atomic mass is 35.5. The van der Waals surface area contributed by atoms with Gasteiger partial charge < -0.3 is 15.0 Å². The Kier molecular flexibility index (Phi) is 5.69. The number of carbonyl (C=O) groups excluding carboxylic acids is 2. The SMILES string of the molecule is COCCNC(=O)C1=CC(c2ccccc2)C(=O)N2CCC3=CC=C(Cl)CC3=C12. The zero-order valence-electron chi connectivity index (χ0n) is 16.3. The van der Waals surface area contributed by atoms with Gasteiger partial charge in [-0.1, -0.05) is 54.1 Å². The summed E-state index contributed by atoms with van der Waals surface area (Å²) in [5, 5.41) is 3.61. The van der Waals surface area contributed by atoms with Gasteiger partial charge >= 0.3 is 0 Å². The van der Waals surface area contributed by atoms with Gasteiger partial charge in [0.2, 0.25) is 5.91 Å². The molecule has 0 fully saturated rings. The molecule has 2 aliphatic heterocycles. The first-order chi connectivity index (χ1) is 14.1. The number of fused-ring (bicyclic) bond motifs is 2. The normalized spacial score (nSPS) is 21.0. The number of halogens is 1. The minimum atomic E-state index is -0.483. The summed E-state index contributed by atoms with van der Waals surface area (Å²) in [6.07, 6.45) is 6.99. The molecule has 0 spiro atoms. The van der Waals surface area contributed by atoms with E-state index in [0.29, 0.717) is 42.4 Å². The molecule has 3 aliphatic rings. The molecule has 6 heteroatoms. The number of amides is 2. The molecule has 0 radical (unpaired) electrons. The summed E-state index contributed by atoms with van der Waals surface area (Å²) >= 11 is 6.30. The standard InChI is InChI=1S/C23H23ClN2O3/c1-29-12-10-25-22(27)20-14-19(15-5-3-2-4-6-15)23(28)26-11-9-16-7-8-17(24)13-18(16)21(20)26/h2-8,14,19H,9-13H2,1H3,(H,25,27). The summed E-state index contributed by atoms with van der Waals surface area (Å²) in [5.74, 6) is -0.685. The molecule has 0 saturated carbocycles. The number of ether oxygens (including phenoxy) is 1. The maximum absolute atomic E-state index is 13.4. The molecule has 0 aromatic heterocycles. The minimum absolute atomic E-state index is 0.00290. The van der Waals surface area contributed by atoms with Gasteiger partial charge in [-0.15, -0.1) is 0 Å². The Bertz CT molecular complexity index is 960. The Labute approximate surface area is 175 Å². The van der Waals surface area contributed by atoms with Crippen molar-refractivity contribution in [2.75, 3.05) is 26.8 Å². The third kappa shape index (κ3) is 3.80. The molecule has 1 atom stereocenters. The monoisotopic (exact) mass is 410 g/mol. The number of hydrogen-bond donors (Lipinski definition) is 1. The van der Waals surface area contributed by atoms with Gasteiger partial charge in [-0.05, 0) is 29.2 Å². The maximum atomic E-state index is 13.4. The van der Waals surface area contributed by atoms with E-state index in [1.807, 2.05) is 42.5 Å². The number of hydrogen-bond acceptors (Lipinski definition) is 3. The number of nitrogens with one attached hydrogen (secondary N) is 1. The molecular weight excluding hydrogens is 388 g/mol. The summed E-state index contributed by atoms with van der Waals surface area (Å²) in [6, 6.07) is 9.58. The number of allylic oxidation sites excluding steroid dienone is 4. The van der Waals surface area contributed by atoms with Crippen LogP contribution in [0.3, 0.4) is 0 Å². The van der Waals surface area contributed by atoms with Crippen molar-refractivity contribution < 1.29 is 14.3 Å². The molecule has 2 amide bonds. The van der Waals surface area contributed by atoms with E-state index in [1.165, 1.54) is 0 Å². The van der Waals surface area contributed by atoms with Crippen molar-refractivity contribution in [2.24, 2.45) is 0 Å². The van der Waals surface area contributed by atoms with Crippen LogP contribution >= 0.6 is 11.6 Å². The van der Waals surface area contributed by atoms with Crippen molar-refractivity contribution in [3.63, 3.8) is 0 Å². The van der Waals surface area contributed by atoms with Gasteiger partial charge in [0, 0.05) is 31.7 Å². The van der Waals surface area contributed by atoms with Crippen molar-refractivity contribution in [3.8, 4) is 0 Å². The summed E-state index contributed by atoms with van der Waals surface area (Å²) in [4.78, 5) is 28.2. The van der Waals surface area contributed by atoms with Crippen molar-refractivity contribution in [3.05, 3.63) is 81.6 Å². The van der Waals surface area contributed by atoms with Crippen LogP contribution in [0.5, 0.6) is 0 Å². The van der Waals surface area contributed by atoms with Crippen LogP contribution < -0.4 is 5.32 Å². The highest BCUT2D eigenvalue weighted by molar-refractivity contribution is 6.30. The first kappa shape index (κ1) is 19.7. The second-order valence-electron chi connectivity index (χ2n) is 7.27. The van der Waals surface area contributed by atoms with Gasteiger partial charge in [0.05, 0.1) is 23.8 Å². The largest absolute Gasteiger partial charge is 0.383 e. The Balaban J connectivity index is 1.81. The van der Waals surface area contributed by atoms with Gasteiger partial charge in [-0.3, -0.25) is 9.59 Å². The lowest BCUT2D eigenvalue weighted by Crippen LogP contribution is -2.45. The van der Waals surface area contributed by atoms with E-state index in [-0.39, 0.29) is 11.8 Å². The van der Waals surface area contributed by atoms with E-state index in [1.54, 1.807) is 18.1 Å². The number of nitrogens with zero attached hydrogens (tertiary/aromatic N) is 1. The second-order valence-corrected chi connectivity index (χ2v) is 7.75. The Hall–Kier alpha value is -2.63. The molecule has 0 saturated heterocycles. The Morgan fingerprint density at radius 1 is 1.28 bits per heavy atom. The van der Waals surface area contributed by atoms with Crippen LogP contribution in [0.15, 0.2) is 76.0 Å². The molecule has 1 N–H and O–H groups in total. The zero-order valence-corrected chi connectivity index (χ0v) is 17.0. The van der Waals surface area contributed by atoms with Crippen LogP contribution in [0.25, 0.3) is 0 Å². The van der Waals surface area contributed by atoms with Crippen LogP contribution in [0.2, 0.25) is 0 Å². The van der Waals surface area contributed by atoms with Gasteiger partial charge in [0.1, 0.15) is 0 Å². The van der Waals surface area contributed by atoms with Crippen molar-refractivity contribution in [1.29, 1.82) is 0 Å². The predicted molar refractivity (Wildman–Crippen MR) is 112 cm³/mol. The van der Waals surface area contributed by atoms with Crippen LogP contribution in [0.1, 0.15) is 24.3 Å². The van der Waals surface area contributed by atoms with Crippen LogP contribution in [0.4, 0.5) is 0 Å². The van der Waals surface area contributed by atoms with Crippen LogP contribution in [-0.4, -0.2) is 43.5 Å². The summed E-state index contributed by atoms with van der Waals surface area (Å²) in [5.41, 5.74) is 4.22. The zero-order chi connectivity index (χ0) is 20.4. The molecule has 1 aromatic carbocycles. The third-order valence-corrected chi connectivity index (χ3v) is 5.73. The lowest BCUT2D eigenvalue weighted by molar-refractivity contribution is -0.130. The smallest absolute Gasteiger partial charge is 0.253 e. The molecule has 0 bridgehead atoms. The Morgan fingerprint density at radius 2 is 2.07 bits per heavy atom. The molecule has 5 nitrogen and oxygen atoms in total. The lowest BCUT2D eigenvalue weighted by atomic mass is 9.82. The van der Waals surface area contributed by atoms with Gasteiger partial charge in [0.15, 0.2) is 0 Å². The molecule has 1 unspecified atom stereocenters. The van der Waals surface area contributed by atoms with E-state index < -0.39 is 5.92 Å². The van der Waals surface area contributed by atoms with E-state index in [2.05, 4.69) is 5.32 Å². The van der Waals surface area contributed by atoms with E-state index in [4.69, 9.17) is 16.3 Å². The molecule has 29 heavy (non-hydrogen) atoms. The first-order valence-corrected chi connectivity index (χ1v) is 10.1. The van der Waals surface area contributed by atoms with E-state index in [0.717, 1.165) is 23.1 Å². The maximum Gasteiger partial charge on any atom is 0.253 e. The third-order valence-electron chi connectivity index (χ3n) is 5.47. The number of methoxy groups -OCH3 is 1. The van der Waals surface area contributed by atoms with Gasteiger partial charge in [-0.25, -0.2) is 0 Å². The quantitative estimate of drug-likeness (QED) is 0.757. The second kappa shape index (κ2) is 8.39. The summed E-state index contributed by atoms with van der Waals surface area (Å²) < 4.78 is 5.05. The summed E-state index contributed by atoms with van der Waals surface area (Å²) in [6.45, 7) is 1.39. The van der Waals surface area contributed by atoms with E-state index in [9.17, 15) is 9.59 Å². The molecule has 1 aromatic rings. The number of rotatable bonds is 5. The average Bonchev–Trinajstić information content (AvgIpc) is 2.74. The van der Waals surface area contributed by atoms with Crippen LogP contribution in [0, 0.1) is 0 Å². The molecule has 2 heterocycles. The molecule has 1 aliphatic carbocycles. The first-order valence-electron chi connectivity index (χ1n) is 9.74. The number of benzene rings is 1. The lowest BCUT2D eigenvalue weighted by Gasteiger charge is -2.40. The molecule has 150 valence electrons. The number of carbonyl (C=O) groups is 2. The van der Waals surface area contributed by atoms with Crippen molar-refractivity contribution in [1.82, 2.24) is 10.2 Å².